The fourth-order valence-electron chi connectivity index (χ4n) is 2.56. The lowest BCUT2D eigenvalue weighted by Gasteiger charge is -2.23. The molecule has 1 aliphatic heterocycles. The summed E-state index contributed by atoms with van der Waals surface area (Å²) in [5, 5.41) is 2.59. The molecule has 9 heteroatoms. The standard InChI is InChI=1S/C16H19NO7S/c1-16(7-8-25(21,22)10-16)17-13(18)9-24-15(20)12-5-3-11(4-6-12)14(19)23-2/h3-6H,7-10H2,1-2H3,(H,17,18). The highest BCUT2D eigenvalue weighted by atomic mass is 32.2. The van der Waals surface area contributed by atoms with Gasteiger partial charge in [0, 0.05) is 0 Å². The molecule has 1 aliphatic rings. The minimum absolute atomic E-state index is 0.0239. The number of carbonyl (C=O) groups excluding carboxylic acids is 3. The maximum atomic E-state index is 11.9. The summed E-state index contributed by atoms with van der Waals surface area (Å²) >= 11 is 0. The Hall–Kier alpha value is -2.42. The molecule has 0 bridgehead atoms. The highest BCUT2D eigenvalue weighted by molar-refractivity contribution is 7.91. The van der Waals surface area contributed by atoms with Crippen molar-refractivity contribution in [2.45, 2.75) is 18.9 Å². The molecule has 1 saturated heterocycles. The van der Waals surface area contributed by atoms with Crippen molar-refractivity contribution in [3.05, 3.63) is 35.4 Å². The van der Waals surface area contributed by atoms with E-state index in [9.17, 15) is 22.8 Å². The zero-order chi connectivity index (χ0) is 18.7. The Morgan fingerprint density at radius 1 is 1.12 bits per heavy atom. The number of sulfone groups is 1. The molecule has 0 saturated carbocycles. The summed E-state index contributed by atoms with van der Waals surface area (Å²) in [4.78, 5) is 35.1. The molecule has 8 nitrogen and oxygen atoms in total. The van der Waals surface area contributed by atoms with E-state index in [2.05, 4.69) is 10.1 Å². The number of hydrogen-bond acceptors (Lipinski definition) is 7. The summed E-state index contributed by atoms with van der Waals surface area (Å²) in [5.41, 5.74) is -0.382. The van der Waals surface area contributed by atoms with E-state index in [1.165, 1.54) is 31.4 Å². The van der Waals surface area contributed by atoms with Crippen molar-refractivity contribution in [2.75, 3.05) is 25.2 Å². The van der Waals surface area contributed by atoms with E-state index in [1.54, 1.807) is 6.92 Å². The predicted octanol–water partition coefficient (Wildman–Crippen LogP) is 0.323. The number of benzene rings is 1. The van der Waals surface area contributed by atoms with Crippen LogP contribution in [0.3, 0.4) is 0 Å². The van der Waals surface area contributed by atoms with Gasteiger partial charge in [0.05, 0.1) is 35.3 Å². The van der Waals surface area contributed by atoms with Crippen LogP contribution < -0.4 is 5.32 Å². The lowest BCUT2D eigenvalue weighted by atomic mass is 10.0. The first-order chi connectivity index (χ1) is 11.6. The van der Waals surface area contributed by atoms with E-state index in [0.717, 1.165) is 0 Å². The van der Waals surface area contributed by atoms with Gasteiger partial charge in [-0.3, -0.25) is 4.79 Å². The van der Waals surface area contributed by atoms with Gasteiger partial charge in [-0.2, -0.15) is 0 Å². The third kappa shape index (κ3) is 5.02. The maximum absolute atomic E-state index is 11.9. The quantitative estimate of drug-likeness (QED) is 0.743. The molecule has 1 amide bonds. The number of esters is 2. The summed E-state index contributed by atoms with van der Waals surface area (Å²) in [6.45, 7) is 1.12. The third-order valence-corrected chi connectivity index (χ3v) is 5.72. The lowest BCUT2D eigenvalue weighted by molar-refractivity contribution is -0.125. The number of ether oxygens (including phenoxy) is 2. The van der Waals surface area contributed by atoms with E-state index in [4.69, 9.17) is 4.74 Å². The normalized spacial score (nSPS) is 21.4. The van der Waals surface area contributed by atoms with E-state index < -0.39 is 39.8 Å². The topological polar surface area (TPSA) is 116 Å². The first kappa shape index (κ1) is 18.9. The minimum Gasteiger partial charge on any atom is -0.465 e. The average Bonchev–Trinajstić information content (AvgIpc) is 2.84. The fraction of sp³-hybridized carbons (Fsp3) is 0.438. The van der Waals surface area contributed by atoms with E-state index >= 15 is 0 Å². The predicted molar refractivity (Wildman–Crippen MR) is 87.9 cm³/mol. The molecule has 1 heterocycles. The number of nitrogens with one attached hydrogen (secondary N) is 1. The van der Waals surface area contributed by atoms with Crippen LogP contribution >= 0.6 is 0 Å². The van der Waals surface area contributed by atoms with Crippen LogP contribution in [-0.4, -0.2) is 57.0 Å². The second kappa shape index (κ2) is 7.22. The van der Waals surface area contributed by atoms with Gasteiger partial charge in [0.15, 0.2) is 16.4 Å². The molecule has 1 unspecified atom stereocenters. The molecule has 1 atom stereocenters. The highest BCUT2D eigenvalue weighted by Crippen LogP contribution is 2.22. The smallest absolute Gasteiger partial charge is 0.338 e. The van der Waals surface area contributed by atoms with Crippen molar-refractivity contribution >= 4 is 27.7 Å². The Bertz CT molecular complexity index is 785. The van der Waals surface area contributed by atoms with Gasteiger partial charge < -0.3 is 14.8 Å². The van der Waals surface area contributed by atoms with Gasteiger partial charge in [-0.25, -0.2) is 18.0 Å². The molecular weight excluding hydrogens is 350 g/mol. The highest BCUT2D eigenvalue weighted by Gasteiger charge is 2.39. The molecule has 136 valence electrons. The average molecular weight is 369 g/mol. The zero-order valence-corrected chi connectivity index (χ0v) is 14.7. The van der Waals surface area contributed by atoms with Gasteiger partial charge in [0.1, 0.15) is 0 Å². The van der Waals surface area contributed by atoms with Crippen LogP contribution in [-0.2, 0) is 24.1 Å². The SMILES string of the molecule is COC(=O)c1ccc(C(=O)OCC(=O)NC2(C)CCS(=O)(=O)C2)cc1. The maximum Gasteiger partial charge on any atom is 0.338 e. The van der Waals surface area contributed by atoms with Gasteiger partial charge in [-0.1, -0.05) is 0 Å². The van der Waals surface area contributed by atoms with Crippen molar-refractivity contribution < 1.29 is 32.3 Å². The Morgan fingerprint density at radius 2 is 1.68 bits per heavy atom. The third-order valence-electron chi connectivity index (χ3n) is 3.82. The molecule has 25 heavy (non-hydrogen) atoms. The molecule has 1 fully saturated rings. The molecule has 1 N–H and O–H groups in total. The van der Waals surface area contributed by atoms with Gasteiger partial charge in [0.25, 0.3) is 5.91 Å². The summed E-state index contributed by atoms with van der Waals surface area (Å²) in [5.74, 6) is -1.93. The van der Waals surface area contributed by atoms with Crippen molar-refractivity contribution in [1.82, 2.24) is 5.32 Å². The summed E-state index contributed by atoms with van der Waals surface area (Å²) in [6, 6.07) is 5.59. The van der Waals surface area contributed by atoms with Crippen LogP contribution in [0, 0.1) is 0 Å². The van der Waals surface area contributed by atoms with Crippen LogP contribution in [0.4, 0.5) is 0 Å². The molecule has 0 aliphatic carbocycles. The fourth-order valence-corrected chi connectivity index (χ4v) is 4.65. The van der Waals surface area contributed by atoms with Crippen molar-refractivity contribution in [1.29, 1.82) is 0 Å². The summed E-state index contributed by atoms with van der Waals surface area (Å²) in [6.07, 6.45) is 0.323. The minimum atomic E-state index is -3.15. The van der Waals surface area contributed by atoms with Crippen LogP contribution in [0.2, 0.25) is 0 Å². The number of hydrogen-bond donors (Lipinski definition) is 1. The Morgan fingerprint density at radius 3 is 2.16 bits per heavy atom. The van der Waals surface area contributed by atoms with Crippen molar-refractivity contribution in [3.63, 3.8) is 0 Å². The van der Waals surface area contributed by atoms with Crippen molar-refractivity contribution in [3.8, 4) is 0 Å². The molecule has 2 rings (SSSR count). The van der Waals surface area contributed by atoms with Crippen LogP contribution in [0.1, 0.15) is 34.1 Å². The largest absolute Gasteiger partial charge is 0.465 e. The summed E-state index contributed by atoms with van der Waals surface area (Å²) < 4.78 is 32.5. The second-order valence-corrected chi connectivity index (χ2v) is 8.28. The number of amides is 1. The van der Waals surface area contributed by atoms with E-state index in [-0.39, 0.29) is 22.6 Å². The van der Waals surface area contributed by atoms with E-state index in [1.807, 2.05) is 0 Å². The first-order valence-electron chi connectivity index (χ1n) is 7.51. The molecule has 1 aromatic carbocycles. The van der Waals surface area contributed by atoms with Crippen LogP contribution in [0.15, 0.2) is 24.3 Å². The second-order valence-electron chi connectivity index (χ2n) is 6.10. The number of methoxy groups -OCH3 is 1. The summed E-state index contributed by atoms with van der Waals surface area (Å²) in [7, 11) is -1.90. The van der Waals surface area contributed by atoms with E-state index in [0.29, 0.717) is 6.42 Å². The lowest BCUT2D eigenvalue weighted by Crippen LogP contribution is -2.48. The Kier molecular flexibility index (Phi) is 5.46. The first-order valence-corrected chi connectivity index (χ1v) is 9.33. The molecule has 0 aromatic heterocycles. The Labute approximate surface area is 145 Å². The molecule has 0 spiro atoms. The van der Waals surface area contributed by atoms with Crippen molar-refractivity contribution in [2.24, 2.45) is 0 Å². The van der Waals surface area contributed by atoms with Crippen LogP contribution in [0.5, 0.6) is 0 Å². The molecular formula is C16H19NO7S. The number of carbonyl (C=O) groups is 3. The molecule has 0 radical (unpaired) electrons. The van der Waals surface area contributed by atoms with Gasteiger partial charge in [-0.15, -0.1) is 0 Å². The van der Waals surface area contributed by atoms with Gasteiger partial charge >= 0.3 is 11.9 Å². The van der Waals surface area contributed by atoms with Gasteiger partial charge in [0.2, 0.25) is 0 Å². The Balaban J connectivity index is 1.87. The molecule has 1 aromatic rings. The van der Waals surface area contributed by atoms with Gasteiger partial charge in [-0.05, 0) is 37.6 Å². The zero-order valence-electron chi connectivity index (χ0n) is 13.9. The monoisotopic (exact) mass is 369 g/mol. The van der Waals surface area contributed by atoms with Crippen LogP contribution in [0.25, 0.3) is 0 Å². The number of rotatable bonds is 5.